The van der Waals surface area contributed by atoms with Crippen molar-refractivity contribution < 1.29 is 39.3 Å². The molecule has 0 aromatic heterocycles. The number of carbonyl (C=O) groups is 5. The van der Waals surface area contributed by atoms with Crippen LogP contribution in [0, 0.1) is 0 Å². The van der Waals surface area contributed by atoms with E-state index in [4.69, 9.17) is 15.9 Å². The fourth-order valence-electron chi connectivity index (χ4n) is 2.65. The lowest BCUT2D eigenvalue weighted by atomic mass is 10.0. The second kappa shape index (κ2) is 13.0. The van der Waals surface area contributed by atoms with Gasteiger partial charge in [-0.25, -0.2) is 4.79 Å². The van der Waals surface area contributed by atoms with E-state index in [0.29, 0.717) is 5.56 Å². The molecule has 1 rings (SSSR count). The average molecular weight is 452 g/mol. The number of carboxylic acid groups (broad SMARTS) is 2. The number of benzene rings is 1. The fourth-order valence-corrected chi connectivity index (χ4v) is 2.65. The molecule has 32 heavy (non-hydrogen) atoms. The Morgan fingerprint density at radius 2 is 1.62 bits per heavy atom. The van der Waals surface area contributed by atoms with Crippen LogP contribution in [0.2, 0.25) is 0 Å². The molecule has 12 heteroatoms. The second-order valence-corrected chi connectivity index (χ2v) is 7.13. The van der Waals surface area contributed by atoms with E-state index in [1.807, 2.05) is 0 Å². The van der Waals surface area contributed by atoms with Crippen LogP contribution < -0.4 is 21.7 Å². The molecular formula is C20H28N4O8. The van der Waals surface area contributed by atoms with Crippen LogP contribution in [0.25, 0.3) is 0 Å². The van der Waals surface area contributed by atoms with Crippen LogP contribution in [-0.2, 0) is 30.4 Å². The van der Waals surface area contributed by atoms with Crippen LogP contribution in [0.4, 0.5) is 0 Å². The van der Waals surface area contributed by atoms with Gasteiger partial charge in [-0.2, -0.15) is 0 Å². The summed E-state index contributed by atoms with van der Waals surface area (Å²) in [7, 11) is 0. The van der Waals surface area contributed by atoms with E-state index < -0.39 is 60.4 Å². The number of nitrogens with one attached hydrogen (secondary N) is 3. The molecule has 0 aliphatic heterocycles. The number of aliphatic hydroxyl groups is 1. The first-order valence-electron chi connectivity index (χ1n) is 9.80. The van der Waals surface area contributed by atoms with Crippen molar-refractivity contribution in [2.24, 2.45) is 5.73 Å². The van der Waals surface area contributed by atoms with Crippen LogP contribution in [0.1, 0.15) is 25.3 Å². The molecule has 1 aromatic rings. The molecule has 176 valence electrons. The monoisotopic (exact) mass is 452 g/mol. The molecular weight excluding hydrogens is 424 g/mol. The van der Waals surface area contributed by atoms with Crippen molar-refractivity contribution in [2.75, 3.05) is 6.54 Å². The van der Waals surface area contributed by atoms with Crippen LogP contribution in [0.15, 0.2) is 30.3 Å². The highest BCUT2D eigenvalue weighted by Gasteiger charge is 2.27. The Balaban J connectivity index is 2.79. The van der Waals surface area contributed by atoms with Crippen LogP contribution in [0.5, 0.6) is 0 Å². The lowest BCUT2D eigenvalue weighted by Gasteiger charge is -2.21. The summed E-state index contributed by atoms with van der Waals surface area (Å²) in [6.45, 7) is 0.595. The van der Waals surface area contributed by atoms with Gasteiger partial charge in [-0.15, -0.1) is 0 Å². The number of amides is 3. The van der Waals surface area contributed by atoms with Crippen molar-refractivity contribution >= 4 is 29.7 Å². The summed E-state index contributed by atoms with van der Waals surface area (Å²) in [4.78, 5) is 58.6. The van der Waals surface area contributed by atoms with Gasteiger partial charge in [0, 0.05) is 12.8 Å². The molecule has 0 spiro atoms. The number of nitrogens with two attached hydrogens (primary N) is 1. The maximum Gasteiger partial charge on any atom is 0.328 e. The van der Waals surface area contributed by atoms with E-state index in [2.05, 4.69) is 16.0 Å². The molecule has 0 aliphatic rings. The molecule has 1 aromatic carbocycles. The van der Waals surface area contributed by atoms with Gasteiger partial charge in [0.25, 0.3) is 0 Å². The van der Waals surface area contributed by atoms with Crippen LogP contribution in [0.3, 0.4) is 0 Å². The standard InChI is InChI=1S/C20H28N4O8/c1-11(25)17(20(31)32)24-15(26)10-22-19(30)14(9-12-5-3-2-4-6-12)23-18(29)13(21)7-8-16(27)28/h2-6,11,13-14,17,25H,7-10,21H2,1H3,(H,22,30)(H,23,29)(H,24,26)(H,27,28)(H,31,32). The first kappa shape index (κ1) is 26.5. The molecule has 3 amide bonds. The van der Waals surface area contributed by atoms with Crippen molar-refractivity contribution in [3.63, 3.8) is 0 Å². The van der Waals surface area contributed by atoms with Crippen molar-refractivity contribution in [3.8, 4) is 0 Å². The Morgan fingerprint density at radius 1 is 1.00 bits per heavy atom. The molecule has 4 unspecified atom stereocenters. The minimum atomic E-state index is -1.55. The minimum absolute atomic E-state index is 0.0666. The summed E-state index contributed by atoms with van der Waals surface area (Å²) in [5.41, 5.74) is 6.40. The smallest absolute Gasteiger partial charge is 0.328 e. The summed E-state index contributed by atoms with van der Waals surface area (Å²) >= 11 is 0. The van der Waals surface area contributed by atoms with E-state index in [-0.39, 0.29) is 19.3 Å². The molecule has 12 nitrogen and oxygen atoms in total. The van der Waals surface area contributed by atoms with Gasteiger partial charge in [-0.05, 0) is 18.9 Å². The summed E-state index contributed by atoms with van der Waals surface area (Å²) in [6, 6.07) is 4.87. The van der Waals surface area contributed by atoms with Crippen LogP contribution >= 0.6 is 0 Å². The summed E-state index contributed by atoms with van der Waals surface area (Å²) in [6.07, 6.45) is -1.74. The molecule has 0 aliphatic carbocycles. The van der Waals surface area contributed by atoms with Crippen molar-refractivity contribution in [1.82, 2.24) is 16.0 Å². The van der Waals surface area contributed by atoms with E-state index in [1.54, 1.807) is 30.3 Å². The number of hydrogen-bond donors (Lipinski definition) is 7. The highest BCUT2D eigenvalue weighted by Crippen LogP contribution is 2.05. The normalized spacial score (nSPS) is 14.3. The molecule has 0 heterocycles. The van der Waals surface area contributed by atoms with Gasteiger partial charge >= 0.3 is 11.9 Å². The first-order valence-corrected chi connectivity index (χ1v) is 9.80. The van der Waals surface area contributed by atoms with Gasteiger partial charge in [0.1, 0.15) is 6.04 Å². The molecule has 0 saturated heterocycles. The Kier molecular flexibility index (Phi) is 10.8. The van der Waals surface area contributed by atoms with Gasteiger partial charge in [-0.1, -0.05) is 30.3 Å². The zero-order valence-electron chi connectivity index (χ0n) is 17.5. The third kappa shape index (κ3) is 9.53. The highest BCUT2D eigenvalue weighted by atomic mass is 16.4. The third-order valence-corrected chi connectivity index (χ3v) is 4.41. The molecule has 8 N–H and O–H groups in total. The predicted molar refractivity (Wildman–Crippen MR) is 111 cm³/mol. The van der Waals surface area contributed by atoms with Crippen molar-refractivity contribution in [3.05, 3.63) is 35.9 Å². The molecule has 0 saturated carbocycles. The molecule has 0 fully saturated rings. The lowest BCUT2D eigenvalue weighted by molar-refractivity contribution is -0.144. The zero-order chi connectivity index (χ0) is 24.3. The number of rotatable bonds is 13. The second-order valence-electron chi connectivity index (χ2n) is 7.13. The zero-order valence-corrected chi connectivity index (χ0v) is 17.5. The molecule has 4 atom stereocenters. The number of aliphatic hydroxyl groups excluding tert-OH is 1. The predicted octanol–water partition coefficient (Wildman–Crippen LogP) is -2.03. The van der Waals surface area contributed by atoms with E-state index in [0.717, 1.165) is 0 Å². The SMILES string of the molecule is CC(O)C(NC(=O)CNC(=O)C(Cc1ccccc1)NC(=O)C(N)CCC(=O)O)C(=O)O. The van der Waals surface area contributed by atoms with E-state index in [1.165, 1.54) is 6.92 Å². The van der Waals surface area contributed by atoms with Crippen molar-refractivity contribution in [1.29, 1.82) is 0 Å². The summed E-state index contributed by atoms with van der Waals surface area (Å²) in [5.74, 6) is -4.87. The largest absolute Gasteiger partial charge is 0.481 e. The first-order chi connectivity index (χ1) is 15.0. The molecule has 0 bridgehead atoms. The van der Waals surface area contributed by atoms with Crippen LogP contribution in [-0.4, -0.2) is 75.8 Å². The van der Waals surface area contributed by atoms with Gasteiger partial charge in [0.05, 0.1) is 18.7 Å². The topological polar surface area (TPSA) is 208 Å². The average Bonchev–Trinajstić information content (AvgIpc) is 2.73. The Bertz CT molecular complexity index is 815. The highest BCUT2D eigenvalue weighted by molar-refractivity contribution is 5.93. The minimum Gasteiger partial charge on any atom is -0.481 e. The number of aliphatic carboxylic acids is 2. The Hall–Kier alpha value is -3.51. The summed E-state index contributed by atoms with van der Waals surface area (Å²) < 4.78 is 0. The third-order valence-electron chi connectivity index (χ3n) is 4.41. The van der Waals surface area contributed by atoms with Crippen molar-refractivity contribution in [2.45, 2.75) is 50.4 Å². The van der Waals surface area contributed by atoms with Gasteiger partial charge in [0.2, 0.25) is 17.7 Å². The summed E-state index contributed by atoms with van der Waals surface area (Å²) in [5, 5.41) is 34.0. The quantitative estimate of drug-likeness (QED) is 0.176. The fraction of sp³-hybridized carbons (Fsp3) is 0.450. The van der Waals surface area contributed by atoms with E-state index >= 15 is 0 Å². The molecule has 0 radical (unpaired) electrons. The van der Waals surface area contributed by atoms with Gasteiger partial charge < -0.3 is 37.0 Å². The number of hydrogen-bond acceptors (Lipinski definition) is 7. The van der Waals surface area contributed by atoms with Gasteiger partial charge in [0.15, 0.2) is 6.04 Å². The maximum absolute atomic E-state index is 12.6. The lowest BCUT2D eigenvalue weighted by Crippen LogP contribution is -2.55. The number of carbonyl (C=O) groups excluding carboxylic acids is 3. The maximum atomic E-state index is 12.6. The van der Waals surface area contributed by atoms with Gasteiger partial charge in [-0.3, -0.25) is 19.2 Å². The number of carboxylic acids is 2. The Labute approximate surface area is 184 Å². The Morgan fingerprint density at radius 3 is 2.16 bits per heavy atom. The van der Waals surface area contributed by atoms with E-state index in [9.17, 15) is 29.1 Å².